The summed E-state index contributed by atoms with van der Waals surface area (Å²) in [6.45, 7) is 0. The van der Waals surface area contributed by atoms with Crippen LogP contribution >= 0.6 is 23.2 Å². The van der Waals surface area contributed by atoms with Crippen molar-refractivity contribution in [1.82, 2.24) is 0 Å². The van der Waals surface area contributed by atoms with E-state index in [4.69, 9.17) is 28.5 Å². The number of carbonyl (C=O) groups is 1. The number of halogens is 5. The number of Topliss-reactive ketones (excluding diaryl/α,β-unsaturated/α-hetero) is 1. The monoisotopic (exact) mass is 401 g/mol. The van der Waals surface area contributed by atoms with Crippen molar-refractivity contribution in [2.75, 3.05) is 5.43 Å². The van der Waals surface area contributed by atoms with Crippen LogP contribution in [0.1, 0.15) is 10.4 Å². The third-order valence-corrected chi connectivity index (χ3v) is 3.63. The fourth-order valence-corrected chi connectivity index (χ4v) is 2.06. The number of anilines is 1. The first kappa shape index (κ1) is 19.6. The summed E-state index contributed by atoms with van der Waals surface area (Å²) in [5.41, 5.74) is 2.34. The molecule has 0 aromatic heterocycles. The maximum Gasteiger partial charge on any atom is 0.573 e. The molecule has 2 aromatic rings. The summed E-state index contributed by atoms with van der Waals surface area (Å²) in [4.78, 5) is 12.2. The predicted octanol–water partition coefficient (Wildman–Crippen LogP) is 5.07. The van der Waals surface area contributed by atoms with Crippen LogP contribution in [-0.2, 0) is 0 Å². The lowest BCUT2D eigenvalue weighted by molar-refractivity contribution is -0.274. The van der Waals surface area contributed by atoms with E-state index in [0.29, 0.717) is 10.7 Å². The van der Waals surface area contributed by atoms with E-state index < -0.39 is 23.6 Å². The van der Waals surface area contributed by atoms with E-state index >= 15 is 0 Å². The van der Waals surface area contributed by atoms with E-state index in [1.54, 1.807) is 6.07 Å². The van der Waals surface area contributed by atoms with E-state index in [9.17, 15) is 18.0 Å². The molecular formula is C16H8Cl2F3N3O2. The molecule has 2 rings (SSSR count). The smallest absolute Gasteiger partial charge is 0.406 e. The number of nitrogens with one attached hydrogen (secondary N) is 1. The van der Waals surface area contributed by atoms with Gasteiger partial charge in [-0.3, -0.25) is 10.2 Å². The van der Waals surface area contributed by atoms with Crippen LogP contribution in [0.3, 0.4) is 0 Å². The highest BCUT2D eigenvalue weighted by atomic mass is 35.5. The minimum Gasteiger partial charge on any atom is -0.406 e. The number of ether oxygens (including phenoxy) is 1. The van der Waals surface area contributed by atoms with Gasteiger partial charge in [0.25, 0.3) is 0 Å². The van der Waals surface area contributed by atoms with E-state index in [-0.39, 0.29) is 10.6 Å². The molecule has 0 saturated heterocycles. The number of nitrogens with zero attached hydrogens (tertiary/aromatic N) is 2. The SMILES string of the molecule is N#CC(=NNc1ccc(Cl)c(Cl)c1)C(=O)c1ccc(OC(F)(F)F)cc1. The first-order chi connectivity index (χ1) is 12.2. The van der Waals surface area contributed by atoms with Gasteiger partial charge in [0.1, 0.15) is 11.8 Å². The number of nitriles is 1. The maximum absolute atomic E-state index is 12.2. The molecule has 5 nitrogen and oxygen atoms in total. The predicted molar refractivity (Wildman–Crippen MR) is 90.6 cm³/mol. The second kappa shape index (κ2) is 8.08. The molecule has 0 fully saturated rings. The summed E-state index contributed by atoms with van der Waals surface area (Å²) < 4.78 is 40.1. The highest BCUT2D eigenvalue weighted by Gasteiger charge is 2.31. The van der Waals surface area contributed by atoms with E-state index in [1.165, 1.54) is 18.2 Å². The molecule has 0 aliphatic heterocycles. The highest BCUT2D eigenvalue weighted by Crippen LogP contribution is 2.25. The Morgan fingerprint density at radius 3 is 2.31 bits per heavy atom. The van der Waals surface area contributed by atoms with Crippen LogP contribution in [0.15, 0.2) is 47.6 Å². The minimum absolute atomic E-state index is 0.0317. The Labute approximate surface area is 155 Å². The lowest BCUT2D eigenvalue weighted by atomic mass is 10.1. The average Bonchev–Trinajstić information content (AvgIpc) is 2.57. The molecule has 0 bridgehead atoms. The van der Waals surface area contributed by atoms with Crippen LogP contribution in [0, 0.1) is 11.3 Å². The zero-order valence-electron chi connectivity index (χ0n) is 12.6. The second-order valence-electron chi connectivity index (χ2n) is 4.71. The summed E-state index contributed by atoms with van der Waals surface area (Å²) in [5, 5.41) is 13.3. The van der Waals surface area contributed by atoms with Gasteiger partial charge in [-0.25, -0.2) is 0 Å². The summed E-state index contributed by atoms with van der Waals surface area (Å²) in [6, 6.07) is 10.2. The first-order valence-corrected chi connectivity index (χ1v) is 7.54. The third-order valence-electron chi connectivity index (χ3n) is 2.89. The lowest BCUT2D eigenvalue weighted by Gasteiger charge is -2.08. The number of benzene rings is 2. The molecule has 2 aromatic carbocycles. The molecule has 10 heteroatoms. The summed E-state index contributed by atoms with van der Waals surface area (Å²) >= 11 is 11.6. The number of ketones is 1. The normalized spacial score (nSPS) is 11.6. The van der Waals surface area contributed by atoms with Gasteiger partial charge in [0.15, 0.2) is 0 Å². The van der Waals surface area contributed by atoms with Gasteiger partial charge >= 0.3 is 6.36 Å². The Morgan fingerprint density at radius 1 is 1.12 bits per heavy atom. The number of carbonyl (C=O) groups excluding carboxylic acids is 1. The van der Waals surface area contributed by atoms with Gasteiger partial charge in [-0.15, -0.1) is 13.2 Å². The molecule has 134 valence electrons. The van der Waals surface area contributed by atoms with Crippen molar-refractivity contribution >= 4 is 40.4 Å². The van der Waals surface area contributed by atoms with E-state index in [0.717, 1.165) is 24.3 Å². The Bertz CT molecular complexity index is 891. The Kier molecular flexibility index (Phi) is 6.08. The van der Waals surface area contributed by atoms with E-state index in [2.05, 4.69) is 15.3 Å². The van der Waals surface area contributed by atoms with Crippen molar-refractivity contribution in [3.05, 3.63) is 58.1 Å². The van der Waals surface area contributed by atoms with Crippen LogP contribution in [0.2, 0.25) is 10.0 Å². The lowest BCUT2D eigenvalue weighted by Crippen LogP contribution is -2.17. The molecule has 0 radical (unpaired) electrons. The average molecular weight is 402 g/mol. The third kappa shape index (κ3) is 5.37. The molecule has 26 heavy (non-hydrogen) atoms. The molecule has 1 N–H and O–H groups in total. The zero-order chi connectivity index (χ0) is 19.3. The van der Waals surface area contributed by atoms with Gasteiger partial charge in [0.05, 0.1) is 15.7 Å². The Hall–Kier alpha value is -2.76. The quantitative estimate of drug-likeness (QED) is 0.431. The fraction of sp³-hybridized carbons (Fsp3) is 0.0625. The van der Waals surface area contributed by atoms with Crippen molar-refractivity contribution in [3.63, 3.8) is 0 Å². The van der Waals surface area contributed by atoms with Crippen molar-refractivity contribution in [1.29, 1.82) is 5.26 Å². The number of alkyl halides is 3. The largest absolute Gasteiger partial charge is 0.573 e. The van der Waals surface area contributed by atoms with Crippen LogP contribution in [0.25, 0.3) is 0 Å². The van der Waals surface area contributed by atoms with Crippen LogP contribution in [-0.4, -0.2) is 17.9 Å². The van der Waals surface area contributed by atoms with E-state index in [1.807, 2.05) is 0 Å². The first-order valence-electron chi connectivity index (χ1n) is 6.79. The molecule has 0 spiro atoms. The minimum atomic E-state index is -4.84. The number of rotatable bonds is 5. The molecule has 0 atom stereocenters. The number of hydrogen-bond acceptors (Lipinski definition) is 5. The molecule has 0 aliphatic carbocycles. The van der Waals surface area contributed by atoms with Gasteiger partial charge in [-0.2, -0.15) is 10.4 Å². The molecule has 0 amide bonds. The molecule has 0 saturated carbocycles. The maximum atomic E-state index is 12.2. The fourth-order valence-electron chi connectivity index (χ4n) is 1.76. The topological polar surface area (TPSA) is 74.5 Å². The van der Waals surface area contributed by atoms with Gasteiger partial charge in [-0.1, -0.05) is 23.2 Å². The molecule has 0 unspecified atom stereocenters. The van der Waals surface area contributed by atoms with Crippen LogP contribution in [0.5, 0.6) is 5.75 Å². The Morgan fingerprint density at radius 2 is 1.77 bits per heavy atom. The molecular weight excluding hydrogens is 394 g/mol. The summed E-state index contributed by atoms with van der Waals surface area (Å²) in [7, 11) is 0. The highest BCUT2D eigenvalue weighted by molar-refractivity contribution is 6.51. The summed E-state index contributed by atoms with van der Waals surface area (Å²) in [5.74, 6) is -1.27. The van der Waals surface area contributed by atoms with Gasteiger partial charge in [0, 0.05) is 5.56 Å². The number of hydrazone groups is 1. The van der Waals surface area contributed by atoms with Gasteiger partial charge in [-0.05, 0) is 42.5 Å². The zero-order valence-corrected chi connectivity index (χ0v) is 14.2. The van der Waals surface area contributed by atoms with Crippen molar-refractivity contribution in [2.45, 2.75) is 6.36 Å². The molecule has 0 aliphatic rings. The van der Waals surface area contributed by atoms with Gasteiger partial charge in [0.2, 0.25) is 11.5 Å². The second-order valence-corrected chi connectivity index (χ2v) is 5.53. The van der Waals surface area contributed by atoms with Crippen LogP contribution in [0.4, 0.5) is 18.9 Å². The number of hydrogen-bond donors (Lipinski definition) is 1. The van der Waals surface area contributed by atoms with Crippen molar-refractivity contribution in [2.24, 2.45) is 5.10 Å². The van der Waals surface area contributed by atoms with Crippen LogP contribution < -0.4 is 10.2 Å². The van der Waals surface area contributed by atoms with Crippen molar-refractivity contribution < 1.29 is 22.7 Å². The van der Waals surface area contributed by atoms with Crippen molar-refractivity contribution in [3.8, 4) is 11.8 Å². The summed E-state index contributed by atoms with van der Waals surface area (Å²) in [6.07, 6.45) is -4.84. The van der Waals surface area contributed by atoms with Gasteiger partial charge < -0.3 is 4.74 Å². The molecule has 0 heterocycles. The Balaban J connectivity index is 2.15. The standard InChI is InChI=1S/C16H8Cl2F3N3O2/c17-12-6-3-10(7-13(12)18)23-24-14(8-22)15(25)9-1-4-11(5-2-9)26-16(19,20)21/h1-7,23H.